The number of carbonyl (C=O) groups is 3. The molecular formula is C24H32N4O4. The number of carboxylic acid groups (broad SMARTS) is 1. The number of amides is 2. The Morgan fingerprint density at radius 3 is 2.16 bits per heavy atom. The molecule has 1 saturated carbocycles. The molecule has 2 aromatic rings. The molecular weight excluding hydrogens is 408 g/mol. The summed E-state index contributed by atoms with van der Waals surface area (Å²) in [5.74, 6) is -0.667. The summed E-state index contributed by atoms with van der Waals surface area (Å²) in [6.07, 6.45) is 5.05. The van der Waals surface area contributed by atoms with Crippen molar-refractivity contribution in [3.05, 3.63) is 41.6 Å². The van der Waals surface area contributed by atoms with Crippen LogP contribution in [0.5, 0.6) is 0 Å². The lowest BCUT2D eigenvalue weighted by atomic mass is 9.82. The van der Waals surface area contributed by atoms with Crippen LogP contribution in [0.2, 0.25) is 0 Å². The van der Waals surface area contributed by atoms with Crippen molar-refractivity contribution < 1.29 is 19.5 Å². The van der Waals surface area contributed by atoms with Gasteiger partial charge in [-0.3, -0.25) is 14.5 Å². The molecule has 1 aliphatic carbocycles. The normalized spacial score (nSPS) is 18.4. The van der Waals surface area contributed by atoms with Crippen molar-refractivity contribution in [1.29, 1.82) is 0 Å². The summed E-state index contributed by atoms with van der Waals surface area (Å²) in [6.45, 7) is 5.94. The summed E-state index contributed by atoms with van der Waals surface area (Å²) in [5, 5.41) is 14.3. The minimum Gasteiger partial charge on any atom is -0.477 e. The number of hydrogen-bond acceptors (Lipinski definition) is 4. The number of aromatic nitrogens is 2. The van der Waals surface area contributed by atoms with Crippen molar-refractivity contribution in [3.63, 3.8) is 0 Å². The van der Waals surface area contributed by atoms with Crippen molar-refractivity contribution in [3.8, 4) is 5.69 Å². The van der Waals surface area contributed by atoms with E-state index in [9.17, 15) is 19.5 Å². The predicted octanol–water partition coefficient (Wildman–Crippen LogP) is 3.84. The number of aromatic carboxylic acids is 1. The molecule has 0 spiro atoms. The molecule has 1 aromatic heterocycles. The molecule has 0 aliphatic heterocycles. The van der Waals surface area contributed by atoms with Gasteiger partial charge in [0.25, 0.3) is 5.91 Å². The van der Waals surface area contributed by atoms with Crippen LogP contribution in [-0.4, -0.2) is 57.7 Å². The quantitative estimate of drug-likeness (QED) is 0.736. The van der Waals surface area contributed by atoms with Gasteiger partial charge < -0.3 is 10.0 Å². The minimum atomic E-state index is -1.14. The average Bonchev–Trinajstić information content (AvgIpc) is 3.18. The molecule has 1 aliphatic rings. The highest BCUT2D eigenvalue weighted by atomic mass is 16.4. The van der Waals surface area contributed by atoms with Crippen molar-refractivity contribution in [1.82, 2.24) is 14.7 Å². The first-order chi connectivity index (χ1) is 15.1. The minimum absolute atomic E-state index is 0.0235. The largest absolute Gasteiger partial charge is 0.477 e. The number of rotatable bonds is 6. The Kier molecular flexibility index (Phi) is 7.01. The van der Waals surface area contributed by atoms with E-state index in [0.717, 1.165) is 25.7 Å². The van der Waals surface area contributed by atoms with E-state index < -0.39 is 5.97 Å². The Hall–Kier alpha value is -3.16. The van der Waals surface area contributed by atoms with Gasteiger partial charge in [0.2, 0.25) is 5.91 Å². The molecule has 0 atom stereocenters. The molecule has 1 heterocycles. The van der Waals surface area contributed by atoms with Gasteiger partial charge in [-0.15, -0.1) is 5.10 Å². The Bertz CT molecular complexity index is 986. The Morgan fingerprint density at radius 2 is 1.66 bits per heavy atom. The Balaban J connectivity index is 1.96. The van der Waals surface area contributed by atoms with Gasteiger partial charge in [0.05, 0.1) is 5.69 Å². The Labute approximate surface area is 188 Å². The number of carbonyl (C=O) groups excluding carboxylic acids is 2. The summed E-state index contributed by atoms with van der Waals surface area (Å²) in [6, 6.07) is 6.54. The van der Waals surface area contributed by atoms with Crippen LogP contribution in [0.25, 0.3) is 5.69 Å². The van der Waals surface area contributed by atoms with Crippen molar-refractivity contribution in [2.45, 2.75) is 52.5 Å². The van der Waals surface area contributed by atoms with Crippen LogP contribution >= 0.6 is 0 Å². The van der Waals surface area contributed by atoms with Crippen LogP contribution in [0.3, 0.4) is 0 Å². The summed E-state index contributed by atoms with van der Waals surface area (Å²) in [4.78, 5) is 40.6. The molecule has 1 fully saturated rings. The number of anilines is 1. The zero-order valence-corrected chi connectivity index (χ0v) is 19.4. The van der Waals surface area contributed by atoms with Crippen molar-refractivity contribution in [2.24, 2.45) is 11.8 Å². The summed E-state index contributed by atoms with van der Waals surface area (Å²) in [5.41, 5.74) is 1.11. The lowest BCUT2D eigenvalue weighted by Crippen LogP contribution is -2.43. The Morgan fingerprint density at radius 1 is 1.06 bits per heavy atom. The maximum Gasteiger partial charge on any atom is 0.341 e. The molecule has 8 heteroatoms. The fraction of sp³-hybridized carbons (Fsp3) is 0.500. The molecule has 3 rings (SSSR count). The first-order valence-corrected chi connectivity index (χ1v) is 11.1. The third-order valence-electron chi connectivity index (χ3n) is 6.06. The number of nitrogens with zero attached hydrogens (tertiary/aromatic N) is 4. The number of hydrogen-bond donors (Lipinski definition) is 1. The van der Waals surface area contributed by atoms with E-state index in [1.807, 2.05) is 13.8 Å². The van der Waals surface area contributed by atoms with Gasteiger partial charge >= 0.3 is 5.97 Å². The molecule has 1 aromatic carbocycles. The number of benzene rings is 1. The lowest BCUT2D eigenvalue weighted by molar-refractivity contribution is -0.124. The number of carboxylic acids is 1. The first-order valence-electron chi connectivity index (χ1n) is 11.1. The van der Waals surface area contributed by atoms with Crippen molar-refractivity contribution >= 4 is 23.6 Å². The van der Waals surface area contributed by atoms with E-state index in [1.165, 1.54) is 20.7 Å². The second-order valence-corrected chi connectivity index (χ2v) is 9.12. The fourth-order valence-electron chi connectivity index (χ4n) is 4.15. The highest BCUT2D eigenvalue weighted by Gasteiger charge is 2.34. The van der Waals surface area contributed by atoms with E-state index in [0.29, 0.717) is 17.2 Å². The van der Waals surface area contributed by atoms with Gasteiger partial charge in [-0.25, -0.2) is 9.48 Å². The molecule has 0 bridgehead atoms. The van der Waals surface area contributed by atoms with Gasteiger partial charge in [0.15, 0.2) is 5.82 Å². The molecule has 0 unspecified atom stereocenters. The molecule has 0 radical (unpaired) electrons. The van der Waals surface area contributed by atoms with E-state index in [1.54, 1.807) is 38.4 Å². The van der Waals surface area contributed by atoms with Crippen LogP contribution in [0.1, 0.15) is 67.2 Å². The van der Waals surface area contributed by atoms with Gasteiger partial charge in [0.1, 0.15) is 5.56 Å². The molecule has 172 valence electrons. The molecule has 1 N–H and O–H groups in total. The maximum absolute atomic E-state index is 13.4. The zero-order valence-electron chi connectivity index (χ0n) is 19.4. The third kappa shape index (κ3) is 4.84. The summed E-state index contributed by atoms with van der Waals surface area (Å²) >= 11 is 0. The standard InChI is InChI=1S/C24H32N4O4/c1-15(2)28(23(30)18-8-6-16(3)7-9-18)21-20(24(31)32)14-27(25-21)19-12-10-17(11-13-19)22(29)26(4)5/h10-16,18H,6-9H2,1-5H3,(H,31,32). The first kappa shape index (κ1) is 23.5. The van der Waals surface area contributed by atoms with E-state index in [2.05, 4.69) is 12.0 Å². The van der Waals surface area contributed by atoms with Gasteiger partial charge in [-0.05, 0) is 69.7 Å². The second kappa shape index (κ2) is 9.54. The van der Waals surface area contributed by atoms with E-state index in [4.69, 9.17) is 0 Å². The SMILES string of the molecule is CC1CCC(C(=O)N(c2nn(-c3ccc(C(=O)N(C)C)cc3)cc2C(=O)O)C(C)C)CC1. The molecule has 0 saturated heterocycles. The summed E-state index contributed by atoms with van der Waals surface area (Å²) < 4.78 is 1.45. The fourth-order valence-corrected chi connectivity index (χ4v) is 4.15. The van der Waals surface area contributed by atoms with Gasteiger partial charge in [-0.1, -0.05) is 6.92 Å². The monoisotopic (exact) mass is 440 g/mol. The van der Waals surface area contributed by atoms with Crippen LogP contribution < -0.4 is 4.90 Å². The zero-order chi connectivity index (χ0) is 23.6. The molecule has 2 amide bonds. The van der Waals surface area contributed by atoms with Crippen molar-refractivity contribution in [2.75, 3.05) is 19.0 Å². The van der Waals surface area contributed by atoms with Gasteiger partial charge in [0, 0.05) is 37.8 Å². The van der Waals surface area contributed by atoms with Crippen LogP contribution in [0, 0.1) is 11.8 Å². The summed E-state index contributed by atoms with van der Waals surface area (Å²) in [7, 11) is 3.36. The molecule has 32 heavy (non-hydrogen) atoms. The highest BCUT2D eigenvalue weighted by molar-refractivity contribution is 6.02. The van der Waals surface area contributed by atoms with Gasteiger partial charge in [-0.2, -0.15) is 0 Å². The third-order valence-corrected chi connectivity index (χ3v) is 6.06. The predicted molar refractivity (Wildman–Crippen MR) is 122 cm³/mol. The van der Waals surface area contributed by atoms with Crippen LogP contribution in [0.4, 0.5) is 5.82 Å². The average molecular weight is 441 g/mol. The highest BCUT2D eigenvalue weighted by Crippen LogP contribution is 2.32. The topological polar surface area (TPSA) is 95.7 Å². The maximum atomic E-state index is 13.4. The molecule has 8 nitrogen and oxygen atoms in total. The van der Waals surface area contributed by atoms with E-state index in [-0.39, 0.29) is 35.2 Å². The lowest BCUT2D eigenvalue weighted by Gasteiger charge is -2.32. The van der Waals surface area contributed by atoms with Crippen LogP contribution in [-0.2, 0) is 4.79 Å². The van der Waals surface area contributed by atoms with E-state index >= 15 is 0 Å². The van der Waals surface area contributed by atoms with Crippen LogP contribution in [0.15, 0.2) is 30.5 Å². The smallest absolute Gasteiger partial charge is 0.341 e. The second-order valence-electron chi connectivity index (χ2n) is 9.12.